The lowest BCUT2D eigenvalue weighted by Crippen LogP contribution is -2.41. The molecule has 2 N–H and O–H groups in total. The van der Waals surface area contributed by atoms with Crippen LogP contribution >= 0.6 is 24.0 Å². The molecule has 0 aromatic rings. The fraction of sp³-hybridized carbons (Fsp3) is 1.00. The molecule has 0 radical (unpaired) electrons. The quantitative estimate of drug-likeness (QED) is 0.479. The van der Waals surface area contributed by atoms with Gasteiger partial charge in [0.15, 0.2) is 0 Å². The summed E-state index contributed by atoms with van der Waals surface area (Å²) in [6.07, 6.45) is 2.91. The molecule has 1 rings (SSSR count). The summed E-state index contributed by atoms with van der Waals surface area (Å²) in [5.41, 5.74) is 5.49. The van der Waals surface area contributed by atoms with E-state index in [0.29, 0.717) is 5.88 Å². The summed E-state index contributed by atoms with van der Waals surface area (Å²) in [5.74, 6) is 0.625. The van der Waals surface area contributed by atoms with Gasteiger partial charge in [0.2, 0.25) is 0 Å². The second-order valence-corrected chi connectivity index (χ2v) is 5.85. The summed E-state index contributed by atoms with van der Waals surface area (Å²) in [5, 5.41) is 0. The second kappa shape index (κ2) is 6.62. The van der Waals surface area contributed by atoms with Gasteiger partial charge in [0, 0.05) is 11.8 Å². The largest absolute Gasteiger partial charge is 0.475 e. The van der Waals surface area contributed by atoms with Gasteiger partial charge in [0.05, 0.1) is 11.2 Å². The Kier molecular flexibility index (Phi) is 6.83. The summed E-state index contributed by atoms with van der Waals surface area (Å²) >= 11 is 5.63. The summed E-state index contributed by atoms with van der Waals surface area (Å²) in [7, 11) is -0.291. The molecule has 1 unspecified atom stereocenters. The molecule has 0 spiro atoms. The van der Waals surface area contributed by atoms with Gasteiger partial charge < -0.3 is 15.0 Å². The molecular weight excluding hydrogens is 260 g/mol. The number of hydrogen-bond donors (Lipinski definition) is 1. The van der Waals surface area contributed by atoms with Crippen LogP contribution in [-0.2, 0) is 9.31 Å². The first-order valence-corrected chi connectivity index (χ1v) is 6.51. The van der Waals surface area contributed by atoms with E-state index >= 15 is 0 Å². The van der Waals surface area contributed by atoms with Crippen LogP contribution in [0.5, 0.6) is 0 Å². The lowest BCUT2D eigenvalue weighted by atomic mass is 9.76. The Labute approximate surface area is 116 Å². The topological polar surface area (TPSA) is 44.5 Å². The maximum atomic E-state index is 6.07. The highest BCUT2D eigenvalue weighted by Crippen LogP contribution is 2.37. The van der Waals surface area contributed by atoms with E-state index < -0.39 is 0 Å². The van der Waals surface area contributed by atoms with E-state index in [1.54, 1.807) is 0 Å². The average Bonchev–Trinajstić information content (AvgIpc) is 2.36. The number of halogens is 2. The van der Waals surface area contributed by atoms with Gasteiger partial charge in [-0.3, -0.25) is 0 Å². The van der Waals surface area contributed by atoms with Crippen molar-refractivity contribution in [2.75, 3.05) is 5.88 Å². The number of rotatable bonds is 5. The van der Waals surface area contributed by atoms with E-state index in [0.717, 1.165) is 19.3 Å². The third-order valence-corrected chi connectivity index (χ3v) is 3.81. The predicted molar refractivity (Wildman–Crippen MR) is 75.9 cm³/mol. The van der Waals surface area contributed by atoms with Crippen molar-refractivity contribution in [2.45, 2.75) is 64.1 Å². The van der Waals surface area contributed by atoms with Crippen LogP contribution in [0, 0.1) is 0 Å². The van der Waals surface area contributed by atoms with Crippen LogP contribution < -0.4 is 5.73 Å². The van der Waals surface area contributed by atoms with Crippen molar-refractivity contribution in [2.24, 2.45) is 5.73 Å². The van der Waals surface area contributed by atoms with E-state index in [1.165, 1.54) is 0 Å². The van der Waals surface area contributed by atoms with Gasteiger partial charge in [0.1, 0.15) is 0 Å². The Bertz CT molecular complexity index is 224. The van der Waals surface area contributed by atoms with Crippen molar-refractivity contribution in [3.05, 3.63) is 0 Å². The van der Waals surface area contributed by atoms with Crippen LogP contribution in [0.1, 0.15) is 47.0 Å². The van der Waals surface area contributed by atoms with Crippen LogP contribution in [0.25, 0.3) is 0 Å². The zero-order chi connectivity index (χ0) is 12.4. The maximum Gasteiger partial charge on any atom is 0.475 e. The zero-order valence-corrected chi connectivity index (χ0v) is 12.7. The SMILES string of the molecule is CC1(C)OB(C(N)CCCCCl)OC1(C)C.Cl. The highest BCUT2D eigenvalue weighted by Gasteiger charge is 2.52. The smallest absolute Gasteiger partial charge is 0.402 e. The van der Waals surface area contributed by atoms with Crippen LogP contribution in [-0.4, -0.2) is 30.1 Å². The average molecular weight is 284 g/mol. The lowest BCUT2D eigenvalue weighted by Gasteiger charge is -2.32. The lowest BCUT2D eigenvalue weighted by molar-refractivity contribution is 0.00578. The first-order valence-electron chi connectivity index (χ1n) is 5.97. The highest BCUT2D eigenvalue weighted by molar-refractivity contribution is 6.47. The van der Waals surface area contributed by atoms with Gasteiger partial charge in [-0.1, -0.05) is 6.42 Å². The summed E-state index contributed by atoms with van der Waals surface area (Å²) < 4.78 is 11.8. The second-order valence-electron chi connectivity index (χ2n) is 5.47. The van der Waals surface area contributed by atoms with E-state index in [1.807, 2.05) is 27.7 Å². The van der Waals surface area contributed by atoms with Gasteiger partial charge in [-0.05, 0) is 40.5 Å². The molecule has 1 saturated heterocycles. The van der Waals surface area contributed by atoms with Crippen LogP contribution in [0.3, 0.4) is 0 Å². The normalized spacial score (nSPS) is 23.3. The molecule has 0 saturated carbocycles. The minimum atomic E-state index is -0.291. The molecule has 1 aliphatic rings. The Balaban J connectivity index is 0.00000256. The Hall–Kier alpha value is 0.525. The molecular formula is C11H24BCl2NO2. The molecule has 17 heavy (non-hydrogen) atoms. The van der Waals surface area contributed by atoms with Gasteiger partial charge in [-0.25, -0.2) is 0 Å². The minimum Gasteiger partial charge on any atom is -0.402 e. The van der Waals surface area contributed by atoms with E-state index in [9.17, 15) is 0 Å². The van der Waals surface area contributed by atoms with Crippen molar-refractivity contribution in [3.63, 3.8) is 0 Å². The van der Waals surface area contributed by atoms with Crippen LogP contribution in [0.15, 0.2) is 0 Å². The van der Waals surface area contributed by atoms with Crippen molar-refractivity contribution >= 4 is 31.1 Å². The third kappa shape index (κ3) is 4.28. The molecule has 102 valence electrons. The van der Waals surface area contributed by atoms with Gasteiger partial charge in [-0.2, -0.15) is 0 Å². The van der Waals surface area contributed by atoms with Crippen LogP contribution in [0.2, 0.25) is 0 Å². The highest BCUT2D eigenvalue weighted by atomic mass is 35.5. The number of unbranched alkanes of at least 4 members (excludes halogenated alkanes) is 1. The van der Waals surface area contributed by atoms with Crippen molar-refractivity contribution in [3.8, 4) is 0 Å². The monoisotopic (exact) mass is 283 g/mol. The minimum absolute atomic E-state index is 0. The Morgan fingerprint density at radius 2 is 1.59 bits per heavy atom. The summed E-state index contributed by atoms with van der Waals surface area (Å²) in [6.45, 7) is 8.16. The molecule has 0 aromatic carbocycles. The molecule has 1 heterocycles. The van der Waals surface area contributed by atoms with Crippen LogP contribution in [0.4, 0.5) is 0 Å². The first kappa shape index (κ1) is 17.5. The molecule has 6 heteroatoms. The van der Waals surface area contributed by atoms with E-state index in [2.05, 4.69) is 0 Å². The molecule has 0 amide bonds. The molecule has 0 aromatic heterocycles. The fourth-order valence-electron chi connectivity index (χ4n) is 1.67. The molecule has 1 atom stereocenters. The molecule has 0 bridgehead atoms. The van der Waals surface area contributed by atoms with E-state index in [4.69, 9.17) is 26.6 Å². The fourth-order valence-corrected chi connectivity index (χ4v) is 1.86. The number of alkyl halides is 1. The number of nitrogens with two attached hydrogens (primary N) is 1. The van der Waals surface area contributed by atoms with Gasteiger partial charge in [0.25, 0.3) is 0 Å². The summed E-state index contributed by atoms with van der Waals surface area (Å²) in [4.78, 5) is 0. The molecule has 1 aliphatic heterocycles. The van der Waals surface area contributed by atoms with Crippen molar-refractivity contribution in [1.29, 1.82) is 0 Å². The molecule has 0 aliphatic carbocycles. The predicted octanol–water partition coefficient (Wildman–Crippen LogP) is 2.78. The third-order valence-electron chi connectivity index (χ3n) is 3.54. The van der Waals surface area contributed by atoms with Gasteiger partial charge >= 0.3 is 7.12 Å². The first-order chi connectivity index (χ1) is 7.30. The van der Waals surface area contributed by atoms with Crippen molar-refractivity contribution < 1.29 is 9.31 Å². The Morgan fingerprint density at radius 3 is 2.00 bits per heavy atom. The number of hydrogen-bond acceptors (Lipinski definition) is 3. The Morgan fingerprint density at radius 1 is 1.12 bits per heavy atom. The standard InChI is InChI=1S/C11H23BClNO2.ClH/c1-10(2)11(3,4)16-12(15-10)9(14)7-5-6-8-13;/h9H,5-8,14H2,1-4H3;1H. The molecule has 1 fully saturated rings. The van der Waals surface area contributed by atoms with Gasteiger partial charge in [-0.15, -0.1) is 24.0 Å². The van der Waals surface area contributed by atoms with Crippen molar-refractivity contribution in [1.82, 2.24) is 0 Å². The summed E-state index contributed by atoms with van der Waals surface area (Å²) in [6, 6.07) is 0. The zero-order valence-electron chi connectivity index (χ0n) is 11.2. The van der Waals surface area contributed by atoms with E-state index in [-0.39, 0.29) is 36.7 Å². The molecule has 3 nitrogen and oxygen atoms in total. The maximum absolute atomic E-state index is 6.07.